The zero-order chi connectivity index (χ0) is 18.7. The van der Waals surface area contributed by atoms with Gasteiger partial charge < -0.3 is 10.6 Å². The fraction of sp³-hybridized carbons (Fsp3) is 0.100. The highest BCUT2D eigenvalue weighted by Crippen LogP contribution is 2.30. The highest BCUT2D eigenvalue weighted by atomic mass is 32.1. The van der Waals surface area contributed by atoms with Crippen LogP contribution in [0.5, 0.6) is 0 Å². The summed E-state index contributed by atoms with van der Waals surface area (Å²) in [4.78, 5) is 6.43. The molecule has 0 radical (unpaired) electrons. The van der Waals surface area contributed by atoms with Crippen LogP contribution in [-0.4, -0.2) is 4.98 Å². The molecule has 130 valence electrons. The van der Waals surface area contributed by atoms with Crippen molar-refractivity contribution in [2.45, 2.75) is 23.6 Å². The molecular formula is C20H18N4S2. The standard InChI is InChI=1S/C20H18N4S2/c1-12-13(2)19(22-14-3-7-16(25)8-4-14)24-20(18(12)11-21)23-15-5-9-17(26)10-6-15/h3-10,25-26H,1-2H3,(H2,22,23,24). The van der Waals surface area contributed by atoms with Crippen LogP contribution < -0.4 is 10.6 Å². The number of thiol groups is 2. The molecule has 0 fully saturated rings. The van der Waals surface area contributed by atoms with Crippen molar-refractivity contribution in [1.82, 2.24) is 4.98 Å². The van der Waals surface area contributed by atoms with E-state index >= 15 is 0 Å². The summed E-state index contributed by atoms with van der Waals surface area (Å²) >= 11 is 8.60. The summed E-state index contributed by atoms with van der Waals surface area (Å²) in [5.74, 6) is 1.23. The maximum Gasteiger partial charge on any atom is 0.151 e. The molecule has 26 heavy (non-hydrogen) atoms. The molecule has 1 heterocycles. The minimum absolute atomic E-state index is 0.524. The maximum absolute atomic E-state index is 9.59. The van der Waals surface area contributed by atoms with Crippen LogP contribution in [0, 0.1) is 25.2 Å². The van der Waals surface area contributed by atoms with Gasteiger partial charge in [0.25, 0.3) is 0 Å². The Morgan fingerprint density at radius 2 is 1.23 bits per heavy atom. The molecule has 0 aliphatic carbocycles. The van der Waals surface area contributed by atoms with Gasteiger partial charge in [-0.1, -0.05) is 0 Å². The first-order chi connectivity index (χ1) is 12.5. The number of benzene rings is 2. The average Bonchev–Trinajstić information content (AvgIpc) is 2.63. The van der Waals surface area contributed by atoms with E-state index < -0.39 is 0 Å². The van der Waals surface area contributed by atoms with Crippen LogP contribution in [0.4, 0.5) is 23.0 Å². The molecule has 0 bridgehead atoms. The molecule has 4 nitrogen and oxygen atoms in total. The summed E-state index contributed by atoms with van der Waals surface area (Å²) in [6.45, 7) is 3.89. The molecule has 6 heteroatoms. The zero-order valence-corrected chi connectivity index (χ0v) is 16.2. The first-order valence-corrected chi connectivity index (χ1v) is 8.91. The molecule has 3 aromatic rings. The van der Waals surface area contributed by atoms with Gasteiger partial charge in [-0.15, -0.1) is 25.3 Å². The van der Waals surface area contributed by atoms with Crippen molar-refractivity contribution in [3.8, 4) is 6.07 Å². The number of hydrogen-bond acceptors (Lipinski definition) is 6. The molecule has 2 aromatic carbocycles. The minimum atomic E-state index is 0.524. The first kappa shape index (κ1) is 18.2. The molecule has 2 N–H and O–H groups in total. The largest absolute Gasteiger partial charge is 0.340 e. The second kappa shape index (κ2) is 7.73. The van der Waals surface area contributed by atoms with Crippen LogP contribution in [0.15, 0.2) is 58.3 Å². The van der Waals surface area contributed by atoms with Gasteiger partial charge in [-0.25, -0.2) is 4.98 Å². The summed E-state index contributed by atoms with van der Waals surface area (Å²) in [7, 11) is 0. The van der Waals surface area contributed by atoms with E-state index in [1.807, 2.05) is 62.4 Å². The lowest BCUT2D eigenvalue weighted by atomic mass is 10.1. The first-order valence-electron chi connectivity index (χ1n) is 8.01. The highest BCUT2D eigenvalue weighted by molar-refractivity contribution is 7.80. The van der Waals surface area contributed by atoms with Crippen molar-refractivity contribution < 1.29 is 0 Å². The third-order valence-corrected chi connectivity index (χ3v) is 4.72. The molecular weight excluding hydrogens is 360 g/mol. The Bertz CT molecular complexity index is 975. The Balaban J connectivity index is 2.00. The van der Waals surface area contributed by atoms with E-state index in [0.29, 0.717) is 17.2 Å². The van der Waals surface area contributed by atoms with E-state index in [1.165, 1.54) is 0 Å². The summed E-state index contributed by atoms with van der Waals surface area (Å²) in [5.41, 5.74) is 4.12. The number of rotatable bonds is 4. The normalized spacial score (nSPS) is 10.3. The Hall–Kier alpha value is -2.62. The van der Waals surface area contributed by atoms with Crippen LogP contribution in [0.2, 0.25) is 0 Å². The highest BCUT2D eigenvalue weighted by Gasteiger charge is 2.15. The molecule has 0 saturated carbocycles. The second-order valence-corrected chi connectivity index (χ2v) is 6.92. The van der Waals surface area contributed by atoms with E-state index in [0.717, 1.165) is 32.3 Å². The number of nitrogens with one attached hydrogen (secondary N) is 2. The summed E-state index contributed by atoms with van der Waals surface area (Å²) in [5, 5.41) is 16.1. The molecule has 0 spiro atoms. The maximum atomic E-state index is 9.59. The quantitative estimate of drug-likeness (QED) is 0.444. The fourth-order valence-electron chi connectivity index (χ4n) is 2.51. The van der Waals surface area contributed by atoms with Crippen LogP contribution in [0.1, 0.15) is 16.7 Å². The molecule has 0 unspecified atom stereocenters. The number of pyridine rings is 1. The van der Waals surface area contributed by atoms with Gasteiger partial charge in [0.05, 0.1) is 5.56 Å². The topological polar surface area (TPSA) is 60.7 Å². The Labute approximate surface area is 164 Å². The lowest BCUT2D eigenvalue weighted by Gasteiger charge is -2.16. The van der Waals surface area contributed by atoms with Gasteiger partial charge >= 0.3 is 0 Å². The summed E-state index contributed by atoms with van der Waals surface area (Å²) in [6, 6.07) is 17.5. The number of aromatic nitrogens is 1. The molecule has 0 saturated heterocycles. The SMILES string of the molecule is Cc1c(Nc2ccc(S)cc2)nc(Nc2ccc(S)cc2)c(C#N)c1C. The lowest BCUT2D eigenvalue weighted by molar-refractivity contribution is 1.19. The molecule has 3 rings (SSSR count). The lowest BCUT2D eigenvalue weighted by Crippen LogP contribution is -2.06. The molecule has 0 aliphatic rings. The predicted octanol–water partition coefficient (Wildman–Crippen LogP) is 5.63. The second-order valence-electron chi connectivity index (χ2n) is 5.89. The average molecular weight is 379 g/mol. The van der Waals surface area contributed by atoms with E-state index in [2.05, 4.69) is 46.9 Å². The van der Waals surface area contributed by atoms with E-state index in [4.69, 9.17) is 0 Å². The van der Waals surface area contributed by atoms with Crippen molar-refractivity contribution in [3.05, 3.63) is 65.2 Å². The zero-order valence-electron chi connectivity index (χ0n) is 14.4. The summed E-state index contributed by atoms with van der Waals surface area (Å²) in [6.07, 6.45) is 0. The van der Waals surface area contributed by atoms with E-state index in [-0.39, 0.29) is 0 Å². The van der Waals surface area contributed by atoms with Gasteiger partial charge in [0.2, 0.25) is 0 Å². The van der Waals surface area contributed by atoms with Gasteiger partial charge in [-0.3, -0.25) is 0 Å². The Kier molecular flexibility index (Phi) is 5.40. The van der Waals surface area contributed by atoms with Crippen LogP contribution in [0.3, 0.4) is 0 Å². The smallest absolute Gasteiger partial charge is 0.151 e. The van der Waals surface area contributed by atoms with Crippen molar-refractivity contribution in [1.29, 1.82) is 5.26 Å². The third-order valence-electron chi connectivity index (χ3n) is 4.13. The van der Waals surface area contributed by atoms with Crippen molar-refractivity contribution in [2.24, 2.45) is 0 Å². The van der Waals surface area contributed by atoms with Gasteiger partial charge in [0.1, 0.15) is 11.9 Å². The minimum Gasteiger partial charge on any atom is -0.340 e. The van der Waals surface area contributed by atoms with Crippen molar-refractivity contribution in [2.75, 3.05) is 10.6 Å². The van der Waals surface area contributed by atoms with Crippen LogP contribution in [-0.2, 0) is 0 Å². The van der Waals surface area contributed by atoms with Gasteiger partial charge in [-0.2, -0.15) is 5.26 Å². The molecule has 0 amide bonds. The molecule has 0 aliphatic heterocycles. The Morgan fingerprint density at radius 1 is 0.769 bits per heavy atom. The van der Waals surface area contributed by atoms with Crippen LogP contribution >= 0.6 is 25.3 Å². The fourth-order valence-corrected chi connectivity index (χ4v) is 2.80. The third kappa shape index (κ3) is 3.96. The number of hydrogen-bond donors (Lipinski definition) is 4. The summed E-state index contributed by atoms with van der Waals surface area (Å²) < 4.78 is 0. The van der Waals surface area contributed by atoms with Gasteiger partial charge in [-0.05, 0) is 73.5 Å². The van der Waals surface area contributed by atoms with E-state index in [9.17, 15) is 5.26 Å². The number of anilines is 4. The Morgan fingerprint density at radius 3 is 1.69 bits per heavy atom. The molecule has 0 atom stereocenters. The van der Waals surface area contributed by atoms with Gasteiger partial charge in [0.15, 0.2) is 5.82 Å². The molecule has 1 aromatic heterocycles. The number of nitriles is 1. The predicted molar refractivity (Wildman–Crippen MR) is 112 cm³/mol. The van der Waals surface area contributed by atoms with E-state index in [1.54, 1.807) is 0 Å². The number of nitrogens with zero attached hydrogens (tertiary/aromatic N) is 2. The van der Waals surface area contributed by atoms with Gasteiger partial charge in [0, 0.05) is 21.2 Å². The monoisotopic (exact) mass is 378 g/mol. The van der Waals surface area contributed by atoms with Crippen molar-refractivity contribution >= 4 is 48.3 Å². The van der Waals surface area contributed by atoms with Crippen molar-refractivity contribution in [3.63, 3.8) is 0 Å². The van der Waals surface area contributed by atoms with Crippen LogP contribution in [0.25, 0.3) is 0 Å².